The number of nitrogens with zero attached hydrogens (tertiary/aromatic N) is 1. The van der Waals surface area contributed by atoms with Gasteiger partial charge in [-0.3, -0.25) is 4.90 Å². The molecule has 3 heteroatoms. The van der Waals surface area contributed by atoms with Crippen LogP contribution >= 0.6 is 0 Å². The second-order valence-corrected chi connectivity index (χ2v) is 3.66. The van der Waals surface area contributed by atoms with E-state index < -0.39 is 0 Å². The van der Waals surface area contributed by atoms with Crippen LogP contribution in [0.4, 0.5) is 0 Å². The third-order valence-electron chi connectivity index (χ3n) is 1.84. The van der Waals surface area contributed by atoms with Crippen molar-refractivity contribution >= 4 is 0 Å². The Kier molecular flexibility index (Phi) is 3.92. The molecule has 0 aromatic carbocycles. The molecule has 0 amide bonds. The highest BCUT2D eigenvalue weighted by Crippen LogP contribution is 2.10. The number of hydrogen-bond acceptors (Lipinski definition) is 3. The highest BCUT2D eigenvalue weighted by molar-refractivity contribution is 5.06. The van der Waals surface area contributed by atoms with Crippen molar-refractivity contribution in [3.63, 3.8) is 0 Å². The largest absolute Gasteiger partial charge is 0.462 e. The van der Waals surface area contributed by atoms with Crippen molar-refractivity contribution < 1.29 is 9.52 Å². The molecule has 0 saturated carbocycles. The number of rotatable bonds is 5. The maximum Gasteiger partial charge on any atom is 0.129 e. The molecule has 3 nitrogen and oxygen atoms in total. The van der Waals surface area contributed by atoms with E-state index in [1.165, 1.54) is 0 Å². The summed E-state index contributed by atoms with van der Waals surface area (Å²) >= 11 is 0. The molecule has 0 aliphatic rings. The summed E-state index contributed by atoms with van der Waals surface area (Å²) < 4.78 is 5.36. The summed E-state index contributed by atoms with van der Waals surface area (Å²) in [5.74, 6) is 1.49. The van der Waals surface area contributed by atoms with Crippen LogP contribution in [0.2, 0.25) is 0 Å². The van der Waals surface area contributed by atoms with Crippen molar-refractivity contribution in [1.29, 1.82) is 0 Å². The predicted molar refractivity (Wildman–Crippen MR) is 55.8 cm³/mol. The second-order valence-electron chi connectivity index (χ2n) is 3.66. The molecule has 1 N–H and O–H groups in total. The highest BCUT2D eigenvalue weighted by atomic mass is 16.4. The third-order valence-corrected chi connectivity index (χ3v) is 1.84. The molecule has 0 bridgehead atoms. The van der Waals surface area contributed by atoms with Crippen molar-refractivity contribution in [2.75, 3.05) is 13.6 Å². The Hall–Kier alpha value is -1.06. The lowest BCUT2D eigenvalue weighted by atomic mass is 10.3. The average molecular weight is 195 g/mol. The van der Waals surface area contributed by atoms with Gasteiger partial charge >= 0.3 is 0 Å². The fourth-order valence-electron chi connectivity index (χ4n) is 1.37. The topological polar surface area (TPSA) is 36.6 Å². The SMILES string of the molecule is C=C(C)CN(C)Cc1ccc(CO)o1. The van der Waals surface area contributed by atoms with Crippen molar-refractivity contribution in [2.24, 2.45) is 0 Å². The molecular formula is C11H17NO2. The molecular weight excluding hydrogens is 178 g/mol. The minimum Gasteiger partial charge on any atom is -0.462 e. The Morgan fingerprint density at radius 1 is 1.50 bits per heavy atom. The van der Waals surface area contributed by atoms with Gasteiger partial charge in [-0.15, -0.1) is 0 Å². The maximum atomic E-state index is 8.81. The van der Waals surface area contributed by atoms with E-state index in [0.29, 0.717) is 5.76 Å². The van der Waals surface area contributed by atoms with Crippen LogP contribution in [0.15, 0.2) is 28.7 Å². The van der Waals surface area contributed by atoms with Gasteiger partial charge in [-0.1, -0.05) is 12.2 Å². The van der Waals surface area contributed by atoms with Crippen molar-refractivity contribution in [3.8, 4) is 0 Å². The van der Waals surface area contributed by atoms with E-state index in [1.807, 2.05) is 20.0 Å². The standard InChI is InChI=1S/C11H17NO2/c1-9(2)6-12(3)7-10-4-5-11(8-13)14-10/h4-5,13H,1,6-8H2,2-3H3. The van der Waals surface area contributed by atoms with Gasteiger partial charge in [0.1, 0.15) is 18.1 Å². The molecule has 1 aromatic heterocycles. The van der Waals surface area contributed by atoms with Gasteiger partial charge in [0.2, 0.25) is 0 Å². The van der Waals surface area contributed by atoms with Crippen molar-refractivity contribution in [3.05, 3.63) is 35.8 Å². The Bertz CT molecular complexity index is 304. The normalized spacial score (nSPS) is 10.9. The zero-order chi connectivity index (χ0) is 10.6. The minimum atomic E-state index is -0.0375. The van der Waals surface area contributed by atoms with Gasteiger partial charge in [-0.05, 0) is 26.1 Å². The smallest absolute Gasteiger partial charge is 0.129 e. The number of hydrogen-bond donors (Lipinski definition) is 1. The zero-order valence-corrected chi connectivity index (χ0v) is 8.79. The van der Waals surface area contributed by atoms with Gasteiger partial charge in [-0.2, -0.15) is 0 Å². The Balaban J connectivity index is 2.47. The van der Waals surface area contributed by atoms with Crippen LogP contribution in [-0.2, 0) is 13.2 Å². The summed E-state index contributed by atoms with van der Waals surface area (Å²) in [5.41, 5.74) is 1.13. The lowest BCUT2D eigenvalue weighted by molar-refractivity contribution is 0.235. The summed E-state index contributed by atoms with van der Waals surface area (Å²) in [6.45, 7) is 7.41. The number of likely N-dealkylation sites (N-methyl/N-ethyl adjacent to an activating group) is 1. The molecule has 0 fully saturated rings. The van der Waals surface area contributed by atoms with Gasteiger partial charge in [0, 0.05) is 6.54 Å². The van der Waals surface area contributed by atoms with E-state index in [9.17, 15) is 0 Å². The first-order valence-corrected chi connectivity index (χ1v) is 4.63. The first-order chi connectivity index (χ1) is 6.61. The molecule has 0 unspecified atom stereocenters. The fraction of sp³-hybridized carbons (Fsp3) is 0.455. The van der Waals surface area contributed by atoms with Crippen molar-refractivity contribution in [2.45, 2.75) is 20.1 Å². The monoisotopic (exact) mass is 195 g/mol. The summed E-state index contributed by atoms with van der Waals surface area (Å²) in [7, 11) is 2.01. The molecule has 0 atom stereocenters. The summed E-state index contributed by atoms with van der Waals surface area (Å²) in [6.07, 6.45) is 0. The molecule has 78 valence electrons. The predicted octanol–water partition coefficient (Wildman–Crippen LogP) is 1.78. The Morgan fingerprint density at radius 3 is 2.64 bits per heavy atom. The van der Waals surface area contributed by atoms with Crippen molar-refractivity contribution in [1.82, 2.24) is 4.90 Å². The van der Waals surface area contributed by atoms with E-state index in [-0.39, 0.29) is 6.61 Å². The van der Waals surface area contributed by atoms with Gasteiger partial charge in [0.05, 0.1) is 6.54 Å². The zero-order valence-electron chi connectivity index (χ0n) is 8.79. The van der Waals surface area contributed by atoms with E-state index in [1.54, 1.807) is 6.07 Å². The molecule has 0 spiro atoms. The lowest BCUT2D eigenvalue weighted by Crippen LogP contribution is -2.19. The first-order valence-electron chi connectivity index (χ1n) is 4.63. The molecule has 0 aliphatic carbocycles. The number of aliphatic hydroxyl groups is 1. The molecule has 14 heavy (non-hydrogen) atoms. The van der Waals surface area contributed by atoms with E-state index in [2.05, 4.69) is 11.5 Å². The first kappa shape index (κ1) is 11.0. The Morgan fingerprint density at radius 2 is 2.14 bits per heavy atom. The molecule has 0 aliphatic heterocycles. The van der Waals surface area contributed by atoms with E-state index in [0.717, 1.165) is 24.4 Å². The number of aliphatic hydroxyl groups excluding tert-OH is 1. The maximum absolute atomic E-state index is 8.81. The lowest BCUT2D eigenvalue weighted by Gasteiger charge is -2.14. The molecule has 1 heterocycles. The second kappa shape index (κ2) is 4.98. The van der Waals surface area contributed by atoms with E-state index >= 15 is 0 Å². The average Bonchev–Trinajstić information content (AvgIpc) is 2.50. The summed E-state index contributed by atoms with van der Waals surface area (Å²) in [5, 5.41) is 8.81. The van der Waals surface area contributed by atoms with Crippen LogP contribution < -0.4 is 0 Å². The number of furan rings is 1. The fourth-order valence-corrected chi connectivity index (χ4v) is 1.37. The Labute approximate surface area is 84.6 Å². The molecule has 1 rings (SSSR count). The summed E-state index contributed by atoms with van der Waals surface area (Å²) in [4.78, 5) is 2.11. The molecule has 0 saturated heterocycles. The van der Waals surface area contributed by atoms with Gasteiger partial charge in [0.15, 0.2) is 0 Å². The van der Waals surface area contributed by atoms with Gasteiger partial charge in [0.25, 0.3) is 0 Å². The van der Waals surface area contributed by atoms with Crippen LogP contribution in [0.1, 0.15) is 18.4 Å². The quantitative estimate of drug-likeness (QED) is 0.727. The highest BCUT2D eigenvalue weighted by Gasteiger charge is 2.04. The van der Waals surface area contributed by atoms with Crippen LogP contribution in [0.25, 0.3) is 0 Å². The third kappa shape index (κ3) is 3.36. The van der Waals surface area contributed by atoms with Crippen LogP contribution in [0, 0.1) is 0 Å². The van der Waals surface area contributed by atoms with E-state index in [4.69, 9.17) is 9.52 Å². The van der Waals surface area contributed by atoms with Gasteiger partial charge < -0.3 is 9.52 Å². The molecule has 0 radical (unpaired) electrons. The van der Waals surface area contributed by atoms with Crippen LogP contribution in [0.3, 0.4) is 0 Å². The van der Waals surface area contributed by atoms with Crippen LogP contribution in [0.5, 0.6) is 0 Å². The summed E-state index contributed by atoms with van der Waals surface area (Å²) in [6, 6.07) is 3.68. The van der Waals surface area contributed by atoms with Crippen LogP contribution in [-0.4, -0.2) is 23.6 Å². The minimum absolute atomic E-state index is 0.0375. The molecule has 1 aromatic rings. The van der Waals surface area contributed by atoms with Gasteiger partial charge in [-0.25, -0.2) is 0 Å².